The summed E-state index contributed by atoms with van der Waals surface area (Å²) in [6, 6.07) is 13.1. The predicted molar refractivity (Wildman–Crippen MR) is 98.7 cm³/mol. The molecule has 6 nitrogen and oxygen atoms in total. The van der Waals surface area contributed by atoms with Gasteiger partial charge in [-0.1, -0.05) is 18.5 Å². The topological polar surface area (TPSA) is 66.6 Å². The van der Waals surface area contributed by atoms with Crippen LogP contribution in [0.3, 0.4) is 0 Å². The lowest BCUT2D eigenvalue weighted by Gasteiger charge is -2.07. The van der Waals surface area contributed by atoms with Gasteiger partial charge in [0, 0.05) is 11.1 Å². The first-order valence-electron chi connectivity index (χ1n) is 8.54. The Morgan fingerprint density at radius 2 is 1.65 bits per heavy atom. The van der Waals surface area contributed by atoms with E-state index in [-0.39, 0.29) is 0 Å². The van der Waals surface area contributed by atoms with Crippen LogP contribution in [0.4, 0.5) is 0 Å². The maximum atomic E-state index is 5.67. The van der Waals surface area contributed by atoms with Crippen molar-refractivity contribution in [3.05, 3.63) is 42.5 Å². The van der Waals surface area contributed by atoms with Crippen LogP contribution in [-0.2, 0) is 0 Å². The first kappa shape index (κ1) is 17.8. The summed E-state index contributed by atoms with van der Waals surface area (Å²) in [5, 5.41) is 4.07. The number of aromatic nitrogens is 2. The molecule has 0 amide bonds. The van der Waals surface area contributed by atoms with Gasteiger partial charge in [0.15, 0.2) is 11.5 Å². The normalized spacial score (nSPS) is 10.6. The molecular weight excluding hydrogens is 332 g/mol. The van der Waals surface area contributed by atoms with Crippen molar-refractivity contribution in [3.8, 4) is 40.1 Å². The standard InChI is InChI=1S/C20H22N2O4/c1-4-5-12-25-16-9-6-14(7-10-16)19-21-20(26-22-19)15-8-11-17(23-2)18(13-15)24-3/h6-11,13H,4-5,12H2,1-3H3. The molecule has 3 aromatic rings. The van der Waals surface area contributed by atoms with Crippen LogP contribution in [0.25, 0.3) is 22.8 Å². The average molecular weight is 354 g/mol. The van der Waals surface area contributed by atoms with Crippen LogP contribution >= 0.6 is 0 Å². The summed E-state index contributed by atoms with van der Waals surface area (Å²) in [6.07, 6.45) is 2.15. The van der Waals surface area contributed by atoms with Gasteiger partial charge in [-0.15, -0.1) is 0 Å². The van der Waals surface area contributed by atoms with Crippen LogP contribution in [0.2, 0.25) is 0 Å². The molecule has 0 saturated carbocycles. The lowest BCUT2D eigenvalue weighted by molar-refractivity contribution is 0.309. The van der Waals surface area contributed by atoms with E-state index < -0.39 is 0 Å². The third-order valence-electron chi connectivity index (χ3n) is 3.94. The average Bonchev–Trinajstić information content (AvgIpc) is 3.18. The van der Waals surface area contributed by atoms with Crippen molar-refractivity contribution in [1.29, 1.82) is 0 Å². The van der Waals surface area contributed by atoms with E-state index >= 15 is 0 Å². The Kier molecular flexibility index (Phi) is 5.73. The van der Waals surface area contributed by atoms with Crippen molar-refractivity contribution >= 4 is 0 Å². The summed E-state index contributed by atoms with van der Waals surface area (Å²) in [7, 11) is 3.18. The first-order chi connectivity index (χ1) is 12.7. The Bertz CT molecular complexity index is 843. The molecule has 1 heterocycles. The third-order valence-corrected chi connectivity index (χ3v) is 3.94. The maximum absolute atomic E-state index is 5.67. The molecule has 0 bridgehead atoms. The molecule has 0 radical (unpaired) electrons. The first-order valence-corrected chi connectivity index (χ1v) is 8.54. The van der Waals surface area contributed by atoms with Gasteiger partial charge in [0.25, 0.3) is 5.89 Å². The molecule has 0 aliphatic heterocycles. The second-order valence-corrected chi connectivity index (χ2v) is 5.72. The van der Waals surface area contributed by atoms with Gasteiger partial charge in [0.05, 0.1) is 20.8 Å². The molecule has 0 aliphatic rings. The maximum Gasteiger partial charge on any atom is 0.258 e. The molecule has 0 saturated heterocycles. The summed E-state index contributed by atoms with van der Waals surface area (Å²) >= 11 is 0. The third kappa shape index (κ3) is 3.96. The van der Waals surface area contributed by atoms with Crippen molar-refractivity contribution in [2.75, 3.05) is 20.8 Å². The zero-order valence-corrected chi connectivity index (χ0v) is 15.2. The molecule has 2 aromatic carbocycles. The highest BCUT2D eigenvalue weighted by Crippen LogP contribution is 2.32. The highest BCUT2D eigenvalue weighted by atomic mass is 16.5. The van der Waals surface area contributed by atoms with Crippen LogP contribution in [0.5, 0.6) is 17.2 Å². The van der Waals surface area contributed by atoms with E-state index in [1.165, 1.54) is 0 Å². The molecule has 0 aliphatic carbocycles. The van der Waals surface area contributed by atoms with Crippen LogP contribution in [0.1, 0.15) is 19.8 Å². The minimum absolute atomic E-state index is 0.421. The highest BCUT2D eigenvalue weighted by molar-refractivity contribution is 5.63. The number of nitrogens with zero attached hydrogens (tertiary/aromatic N) is 2. The van der Waals surface area contributed by atoms with Crippen molar-refractivity contribution in [2.24, 2.45) is 0 Å². The second-order valence-electron chi connectivity index (χ2n) is 5.72. The zero-order chi connectivity index (χ0) is 18.4. The minimum atomic E-state index is 0.421. The van der Waals surface area contributed by atoms with Crippen LogP contribution in [0, 0.1) is 0 Å². The molecule has 1 aromatic heterocycles. The Hall–Kier alpha value is -3.02. The van der Waals surface area contributed by atoms with Crippen molar-refractivity contribution in [2.45, 2.75) is 19.8 Å². The SMILES string of the molecule is CCCCOc1ccc(-c2noc(-c3ccc(OC)c(OC)c3)n2)cc1. The number of hydrogen-bond acceptors (Lipinski definition) is 6. The number of benzene rings is 2. The molecule has 6 heteroatoms. The van der Waals surface area contributed by atoms with Gasteiger partial charge in [-0.2, -0.15) is 4.98 Å². The van der Waals surface area contributed by atoms with Gasteiger partial charge in [-0.05, 0) is 48.9 Å². The van der Waals surface area contributed by atoms with E-state index in [1.807, 2.05) is 30.3 Å². The summed E-state index contributed by atoms with van der Waals surface area (Å²) in [4.78, 5) is 4.47. The van der Waals surface area contributed by atoms with Crippen molar-refractivity contribution in [3.63, 3.8) is 0 Å². The van der Waals surface area contributed by atoms with Gasteiger partial charge in [-0.3, -0.25) is 0 Å². The zero-order valence-electron chi connectivity index (χ0n) is 15.2. The molecular formula is C20H22N2O4. The van der Waals surface area contributed by atoms with E-state index in [4.69, 9.17) is 18.7 Å². The molecule has 26 heavy (non-hydrogen) atoms. The fourth-order valence-corrected chi connectivity index (χ4v) is 2.46. The monoisotopic (exact) mass is 354 g/mol. The fraction of sp³-hybridized carbons (Fsp3) is 0.300. The molecule has 0 atom stereocenters. The largest absolute Gasteiger partial charge is 0.494 e. The van der Waals surface area contributed by atoms with E-state index in [0.29, 0.717) is 23.2 Å². The van der Waals surface area contributed by atoms with Crippen LogP contribution in [0.15, 0.2) is 47.0 Å². The van der Waals surface area contributed by atoms with Gasteiger partial charge in [-0.25, -0.2) is 0 Å². The molecule has 0 fully saturated rings. The van der Waals surface area contributed by atoms with E-state index in [9.17, 15) is 0 Å². The summed E-state index contributed by atoms with van der Waals surface area (Å²) < 4.78 is 21.6. The van der Waals surface area contributed by atoms with Crippen molar-refractivity contribution < 1.29 is 18.7 Å². The van der Waals surface area contributed by atoms with Crippen LogP contribution < -0.4 is 14.2 Å². The van der Waals surface area contributed by atoms with Gasteiger partial charge >= 0.3 is 0 Å². The number of hydrogen-bond donors (Lipinski definition) is 0. The summed E-state index contributed by atoms with van der Waals surface area (Å²) in [5.74, 6) is 3.04. The van der Waals surface area contributed by atoms with Crippen molar-refractivity contribution in [1.82, 2.24) is 10.1 Å². The second kappa shape index (κ2) is 8.38. The highest BCUT2D eigenvalue weighted by Gasteiger charge is 2.13. The van der Waals surface area contributed by atoms with Crippen LogP contribution in [-0.4, -0.2) is 31.0 Å². The van der Waals surface area contributed by atoms with Gasteiger partial charge in [0.2, 0.25) is 5.82 Å². The predicted octanol–water partition coefficient (Wildman–Crippen LogP) is 4.60. The fourth-order valence-electron chi connectivity index (χ4n) is 2.46. The molecule has 0 N–H and O–H groups in total. The molecule has 0 unspecified atom stereocenters. The minimum Gasteiger partial charge on any atom is -0.494 e. The molecule has 0 spiro atoms. The van der Waals surface area contributed by atoms with Gasteiger partial charge in [0.1, 0.15) is 5.75 Å². The quantitative estimate of drug-likeness (QED) is 0.551. The number of methoxy groups -OCH3 is 2. The molecule has 3 rings (SSSR count). The lowest BCUT2D eigenvalue weighted by atomic mass is 10.2. The number of unbranched alkanes of at least 4 members (excludes halogenated alkanes) is 1. The van der Waals surface area contributed by atoms with E-state index in [0.717, 1.165) is 36.3 Å². The van der Waals surface area contributed by atoms with E-state index in [2.05, 4.69) is 17.1 Å². The molecule has 136 valence electrons. The number of rotatable bonds is 8. The Balaban J connectivity index is 1.77. The Morgan fingerprint density at radius 3 is 2.35 bits per heavy atom. The van der Waals surface area contributed by atoms with E-state index in [1.54, 1.807) is 26.4 Å². The lowest BCUT2D eigenvalue weighted by Crippen LogP contribution is -1.96. The number of ether oxygens (including phenoxy) is 3. The van der Waals surface area contributed by atoms with Gasteiger partial charge < -0.3 is 18.7 Å². The summed E-state index contributed by atoms with van der Waals surface area (Å²) in [6.45, 7) is 2.86. The Labute approximate surface area is 152 Å². The summed E-state index contributed by atoms with van der Waals surface area (Å²) in [5.41, 5.74) is 1.63. The Morgan fingerprint density at radius 1 is 0.923 bits per heavy atom. The smallest absolute Gasteiger partial charge is 0.258 e.